The molecule has 6 rings (SSSR count). The number of pyridine rings is 4. The van der Waals surface area contributed by atoms with E-state index in [9.17, 15) is 10.2 Å². The second-order valence-electron chi connectivity index (χ2n) is 12.0. The van der Waals surface area contributed by atoms with E-state index < -0.39 is 0 Å². The number of benzene rings is 2. The fraction of sp³-hybridized carbons (Fsp3) is 0.175. The van der Waals surface area contributed by atoms with E-state index in [0.29, 0.717) is 49.4 Å². The van der Waals surface area contributed by atoms with E-state index in [-0.39, 0.29) is 18.0 Å². The van der Waals surface area contributed by atoms with Crippen LogP contribution in [0.3, 0.4) is 0 Å². The standard InChI is InChI=1S/C40H39N7O2/c1-30-14-16-33(17-15-30)45-23-31-22-32(24-46(25-34-10-2-6-18-41-34)26-35-11-3-7-19-42-35)40(49)38(39(31)48)29-47(27-36-12-4-8-20-43-36)28-37-13-5-9-21-44-37/h2-23,48-49H,24-29H2,1H3. The van der Waals surface area contributed by atoms with Crippen LogP contribution in [-0.4, -0.2) is 46.2 Å². The summed E-state index contributed by atoms with van der Waals surface area (Å²) < 4.78 is 0. The lowest BCUT2D eigenvalue weighted by Gasteiger charge is -2.26. The molecule has 0 unspecified atom stereocenters. The van der Waals surface area contributed by atoms with Crippen molar-refractivity contribution in [3.8, 4) is 11.5 Å². The van der Waals surface area contributed by atoms with Crippen molar-refractivity contribution in [3.05, 3.63) is 173 Å². The SMILES string of the molecule is Cc1ccc(N=Cc2cc(CN(Cc3ccccn3)Cc3ccccn3)c(O)c(CN(Cc3ccccn3)Cc3ccccn3)c2O)cc1. The Hall–Kier alpha value is -5.77. The molecule has 4 aromatic heterocycles. The molecule has 2 N–H and O–H groups in total. The van der Waals surface area contributed by atoms with Crippen molar-refractivity contribution < 1.29 is 10.2 Å². The summed E-state index contributed by atoms with van der Waals surface area (Å²) in [7, 11) is 0. The van der Waals surface area contributed by atoms with E-state index in [1.807, 2.05) is 110 Å². The van der Waals surface area contributed by atoms with Gasteiger partial charge in [0.1, 0.15) is 11.5 Å². The average molecular weight is 650 g/mol. The average Bonchev–Trinajstić information content (AvgIpc) is 3.13. The molecule has 9 nitrogen and oxygen atoms in total. The maximum Gasteiger partial charge on any atom is 0.132 e. The first-order valence-electron chi connectivity index (χ1n) is 16.2. The fourth-order valence-corrected chi connectivity index (χ4v) is 5.63. The summed E-state index contributed by atoms with van der Waals surface area (Å²) in [5.41, 5.74) is 7.00. The first-order chi connectivity index (χ1) is 24.0. The molecule has 0 spiro atoms. The van der Waals surface area contributed by atoms with Gasteiger partial charge < -0.3 is 10.2 Å². The molecule has 0 radical (unpaired) electrons. The van der Waals surface area contributed by atoms with E-state index in [1.54, 1.807) is 31.0 Å². The number of aliphatic imine (C=N–C) groups is 1. The van der Waals surface area contributed by atoms with Crippen LogP contribution in [0.15, 0.2) is 133 Å². The number of phenols is 2. The molecule has 49 heavy (non-hydrogen) atoms. The monoisotopic (exact) mass is 649 g/mol. The molecule has 9 heteroatoms. The van der Waals surface area contributed by atoms with Gasteiger partial charge >= 0.3 is 0 Å². The van der Waals surface area contributed by atoms with Gasteiger partial charge in [0.05, 0.1) is 34.0 Å². The maximum atomic E-state index is 12.0. The van der Waals surface area contributed by atoms with Crippen molar-refractivity contribution in [1.82, 2.24) is 29.7 Å². The number of hydrogen-bond donors (Lipinski definition) is 2. The van der Waals surface area contributed by atoms with Crippen LogP contribution in [0.2, 0.25) is 0 Å². The van der Waals surface area contributed by atoms with Gasteiger partial charge in [0, 0.05) is 81.4 Å². The van der Waals surface area contributed by atoms with Gasteiger partial charge in [-0.1, -0.05) is 42.0 Å². The van der Waals surface area contributed by atoms with E-state index in [0.717, 1.165) is 34.0 Å². The van der Waals surface area contributed by atoms with E-state index in [1.165, 1.54) is 0 Å². The molecule has 246 valence electrons. The van der Waals surface area contributed by atoms with Crippen LogP contribution in [0.4, 0.5) is 5.69 Å². The molecule has 0 aliphatic carbocycles. The van der Waals surface area contributed by atoms with Crippen molar-refractivity contribution in [2.75, 3.05) is 0 Å². The quantitative estimate of drug-likeness (QED) is 0.120. The van der Waals surface area contributed by atoms with Gasteiger partial charge in [-0.2, -0.15) is 0 Å². The molecular weight excluding hydrogens is 610 g/mol. The van der Waals surface area contributed by atoms with Gasteiger partial charge in [-0.3, -0.25) is 34.7 Å². The minimum Gasteiger partial charge on any atom is -0.507 e. The van der Waals surface area contributed by atoms with Gasteiger partial charge in [-0.15, -0.1) is 0 Å². The zero-order valence-corrected chi connectivity index (χ0v) is 27.5. The molecule has 6 aromatic rings. The molecule has 0 fully saturated rings. The third kappa shape index (κ3) is 9.41. The Morgan fingerprint density at radius 3 is 1.43 bits per heavy atom. The lowest BCUT2D eigenvalue weighted by molar-refractivity contribution is 0.228. The van der Waals surface area contributed by atoms with Crippen LogP contribution < -0.4 is 0 Å². The van der Waals surface area contributed by atoms with Crippen LogP contribution in [0.25, 0.3) is 0 Å². The van der Waals surface area contributed by atoms with Crippen LogP contribution in [0.1, 0.15) is 45.0 Å². The molecule has 0 bridgehead atoms. The van der Waals surface area contributed by atoms with E-state index in [2.05, 4.69) is 34.7 Å². The highest BCUT2D eigenvalue weighted by Crippen LogP contribution is 2.36. The van der Waals surface area contributed by atoms with Gasteiger partial charge in [0.15, 0.2) is 0 Å². The van der Waals surface area contributed by atoms with E-state index >= 15 is 0 Å². The Balaban J connectivity index is 1.39. The molecule has 4 heterocycles. The number of nitrogens with zero attached hydrogens (tertiary/aromatic N) is 7. The minimum atomic E-state index is -0.0230. The molecule has 0 amide bonds. The Morgan fingerprint density at radius 2 is 1.00 bits per heavy atom. The predicted octanol–water partition coefficient (Wildman–Crippen LogP) is 7.14. The largest absolute Gasteiger partial charge is 0.507 e. The first kappa shape index (κ1) is 33.1. The predicted molar refractivity (Wildman–Crippen MR) is 191 cm³/mol. The summed E-state index contributed by atoms with van der Waals surface area (Å²) in [5, 5.41) is 23.7. The summed E-state index contributed by atoms with van der Waals surface area (Å²) in [6, 6.07) is 33.0. The van der Waals surface area contributed by atoms with Crippen LogP contribution >= 0.6 is 0 Å². The van der Waals surface area contributed by atoms with Gasteiger partial charge in [-0.05, 0) is 73.7 Å². The summed E-state index contributed by atoms with van der Waals surface area (Å²) in [6.45, 7) is 4.68. The zero-order chi connectivity index (χ0) is 33.8. The molecule has 0 saturated carbocycles. The lowest BCUT2D eigenvalue weighted by Crippen LogP contribution is -2.25. The Kier molecular flexibility index (Phi) is 11.1. The van der Waals surface area contributed by atoms with Crippen molar-refractivity contribution in [2.24, 2.45) is 4.99 Å². The number of aryl methyl sites for hydroxylation is 1. The highest BCUT2D eigenvalue weighted by atomic mass is 16.3. The third-order valence-electron chi connectivity index (χ3n) is 8.09. The fourth-order valence-electron chi connectivity index (χ4n) is 5.63. The summed E-state index contributed by atoms with van der Waals surface area (Å²) in [6.07, 6.45) is 8.75. The van der Waals surface area contributed by atoms with Gasteiger partial charge in [0.2, 0.25) is 0 Å². The van der Waals surface area contributed by atoms with Crippen LogP contribution in [-0.2, 0) is 39.3 Å². The molecule has 0 atom stereocenters. The number of rotatable bonds is 14. The van der Waals surface area contributed by atoms with Gasteiger partial charge in [-0.25, -0.2) is 0 Å². The summed E-state index contributed by atoms with van der Waals surface area (Å²) in [4.78, 5) is 27.2. The van der Waals surface area contributed by atoms with E-state index in [4.69, 9.17) is 0 Å². The minimum absolute atomic E-state index is 0.0230. The molecular formula is C40H39N7O2. The molecule has 2 aromatic carbocycles. The van der Waals surface area contributed by atoms with Crippen molar-refractivity contribution in [3.63, 3.8) is 0 Å². The number of phenolic OH excluding ortho intramolecular Hbond substituents is 2. The smallest absolute Gasteiger partial charge is 0.132 e. The second-order valence-corrected chi connectivity index (χ2v) is 12.0. The highest BCUT2D eigenvalue weighted by Gasteiger charge is 2.22. The highest BCUT2D eigenvalue weighted by molar-refractivity contribution is 5.87. The summed E-state index contributed by atoms with van der Waals surface area (Å²) in [5.74, 6) is 0.00854. The Morgan fingerprint density at radius 1 is 0.551 bits per heavy atom. The van der Waals surface area contributed by atoms with Crippen LogP contribution in [0.5, 0.6) is 11.5 Å². The lowest BCUT2D eigenvalue weighted by atomic mass is 10.0. The number of aromatic nitrogens is 4. The maximum absolute atomic E-state index is 12.0. The Bertz CT molecular complexity index is 1860. The Labute approximate surface area is 287 Å². The molecule has 0 aliphatic heterocycles. The first-order valence-corrected chi connectivity index (χ1v) is 16.2. The van der Waals surface area contributed by atoms with Crippen LogP contribution in [0, 0.1) is 6.92 Å². The van der Waals surface area contributed by atoms with Crippen molar-refractivity contribution >= 4 is 11.9 Å². The molecule has 0 aliphatic rings. The third-order valence-corrected chi connectivity index (χ3v) is 8.09. The zero-order valence-electron chi connectivity index (χ0n) is 27.5. The topological polar surface area (TPSA) is 111 Å². The second kappa shape index (κ2) is 16.4. The number of aromatic hydroxyl groups is 2. The molecule has 0 saturated heterocycles. The normalized spacial score (nSPS) is 11.5. The van der Waals surface area contributed by atoms with Crippen molar-refractivity contribution in [1.29, 1.82) is 0 Å². The van der Waals surface area contributed by atoms with Gasteiger partial charge in [0.25, 0.3) is 0 Å². The summed E-state index contributed by atoms with van der Waals surface area (Å²) >= 11 is 0. The van der Waals surface area contributed by atoms with Crippen molar-refractivity contribution in [2.45, 2.75) is 46.2 Å². The number of hydrogen-bond acceptors (Lipinski definition) is 9.